The number of amides is 1. The van der Waals surface area contributed by atoms with Crippen molar-refractivity contribution in [3.63, 3.8) is 0 Å². The monoisotopic (exact) mass is 315 g/mol. The summed E-state index contributed by atoms with van der Waals surface area (Å²) in [7, 11) is 0. The minimum atomic E-state index is -1.10. The van der Waals surface area contributed by atoms with E-state index in [0.29, 0.717) is 0 Å². The molecular formula is C11H10ClN3O6. The van der Waals surface area contributed by atoms with Gasteiger partial charge in [0, 0.05) is 6.07 Å². The van der Waals surface area contributed by atoms with E-state index in [-0.39, 0.29) is 29.6 Å². The lowest BCUT2D eigenvalue weighted by Crippen LogP contribution is -2.42. The molecule has 1 amide bonds. The summed E-state index contributed by atoms with van der Waals surface area (Å²) in [6, 6.07) is 0.251. The summed E-state index contributed by atoms with van der Waals surface area (Å²) in [6.07, 6.45) is 0.928. The SMILES string of the molecule is O=C(NC1COCC1C(=O)O)c1cc([N+](=O)[O-])cnc1Cl. The molecule has 1 aromatic rings. The number of nitrogens with one attached hydrogen (secondary N) is 1. The first-order valence-corrected chi connectivity index (χ1v) is 6.19. The molecule has 112 valence electrons. The Balaban J connectivity index is 2.18. The van der Waals surface area contributed by atoms with E-state index >= 15 is 0 Å². The summed E-state index contributed by atoms with van der Waals surface area (Å²) < 4.78 is 5.01. The van der Waals surface area contributed by atoms with Crippen molar-refractivity contribution in [2.75, 3.05) is 13.2 Å². The van der Waals surface area contributed by atoms with Crippen molar-refractivity contribution in [2.24, 2.45) is 5.92 Å². The molecule has 1 fully saturated rings. The highest BCUT2D eigenvalue weighted by atomic mass is 35.5. The first kappa shape index (κ1) is 15.1. The van der Waals surface area contributed by atoms with Gasteiger partial charge in [-0.05, 0) is 0 Å². The first-order valence-electron chi connectivity index (χ1n) is 5.81. The van der Waals surface area contributed by atoms with Gasteiger partial charge in [0.15, 0.2) is 0 Å². The topological polar surface area (TPSA) is 132 Å². The summed E-state index contributed by atoms with van der Waals surface area (Å²) in [5.41, 5.74) is -0.580. The number of hydrogen-bond acceptors (Lipinski definition) is 6. The molecule has 1 saturated heterocycles. The number of nitrogens with zero attached hydrogens (tertiary/aromatic N) is 2. The van der Waals surface area contributed by atoms with E-state index in [9.17, 15) is 19.7 Å². The maximum atomic E-state index is 12.1. The lowest BCUT2D eigenvalue weighted by Gasteiger charge is -2.15. The Morgan fingerprint density at radius 1 is 1.52 bits per heavy atom. The second-order valence-electron chi connectivity index (χ2n) is 4.35. The maximum absolute atomic E-state index is 12.1. The number of hydrogen-bond donors (Lipinski definition) is 2. The van der Waals surface area contributed by atoms with Crippen LogP contribution in [0.5, 0.6) is 0 Å². The quantitative estimate of drug-likeness (QED) is 0.469. The first-order chi connectivity index (χ1) is 9.90. The Morgan fingerprint density at radius 2 is 2.24 bits per heavy atom. The van der Waals surface area contributed by atoms with Crippen molar-refractivity contribution in [1.82, 2.24) is 10.3 Å². The highest BCUT2D eigenvalue weighted by Crippen LogP contribution is 2.20. The zero-order chi connectivity index (χ0) is 15.6. The third-order valence-corrected chi connectivity index (χ3v) is 3.30. The van der Waals surface area contributed by atoms with Crippen molar-refractivity contribution in [1.29, 1.82) is 0 Å². The van der Waals surface area contributed by atoms with E-state index in [1.54, 1.807) is 0 Å². The van der Waals surface area contributed by atoms with Crippen LogP contribution >= 0.6 is 11.6 Å². The zero-order valence-corrected chi connectivity index (χ0v) is 11.2. The summed E-state index contributed by atoms with van der Waals surface area (Å²) in [5.74, 6) is -2.71. The molecule has 2 N–H and O–H groups in total. The lowest BCUT2D eigenvalue weighted by atomic mass is 10.0. The van der Waals surface area contributed by atoms with Crippen LogP contribution < -0.4 is 5.32 Å². The Morgan fingerprint density at radius 3 is 2.86 bits per heavy atom. The van der Waals surface area contributed by atoms with Crippen LogP contribution in [0.3, 0.4) is 0 Å². The van der Waals surface area contributed by atoms with Gasteiger partial charge in [-0.1, -0.05) is 11.6 Å². The van der Waals surface area contributed by atoms with Crippen molar-refractivity contribution in [3.05, 3.63) is 33.1 Å². The summed E-state index contributed by atoms with van der Waals surface area (Å²) >= 11 is 5.74. The third-order valence-electron chi connectivity index (χ3n) is 2.99. The van der Waals surface area contributed by atoms with E-state index < -0.39 is 28.8 Å². The van der Waals surface area contributed by atoms with E-state index in [4.69, 9.17) is 21.4 Å². The maximum Gasteiger partial charge on any atom is 0.311 e. The predicted octanol–water partition coefficient (Wildman–Crippen LogP) is 0.473. The van der Waals surface area contributed by atoms with Gasteiger partial charge in [0.25, 0.3) is 11.6 Å². The molecule has 1 aliphatic heterocycles. The van der Waals surface area contributed by atoms with Crippen LogP contribution in [0, 0.1) is 16.0 Å². The number of carboxylic acids is 1. The molecule has 0 saturated carbocycles. The molecule has 0 aromatic carbocycles. The van der Waals surface area contributed by atoms with E-state index in [1.165, 1.54) is 0 Å². The molecule has 0 radical (unpaired) electrons. The summed E-state index contributed by atoms with van der Waals surface area (Å²) in [4.78, 5) is 36.6. The molecule has 9 nitrogen and oxygen atoms in total. The number of halogens is 1. The largest absolute Gasteiger partial charge is 0.481 e. The molecule has 21 heavy (non-hydrogen) atoms. The fraction of sp³-hybridized carbons (Fsp3) is 0.364. The van der Waals surface area contributed by atoms with Gasteiger partial charge in [0.05, 0.1) is 29.7 Å². The second-order valence-corrected chi connectivity index (χ2v) is 4.71. The van der Waals surface area contributed by atoms with Crippen LogP contribution in [-0.2, 0) is 9.53 Å². The normalized spacial score (nSPS) is 21.0. The van der Waals surface area contributed by atoms with Gasteiger partial charge in [-0.25, -0.2) is 4.98 Å². The molecule has 2 rings (SSSR count). The van der Waals surface area contributed by atoms with Crippen molar-refractivity contribution in [2.45, 2.75) is 6.04 Å². The number of carboxylic acid groups (broad SMARTS) is 1. The van der Waals surface area contributed by atoms with E-state index in [1.807, 2.05) is 0 Å². The number of pyridine rings is 1. The minimum absolute atomic E-state index is 0.0127. The van der Waals surface area contributed by atoms with Crippen LogP contribution in [0.1, 0.15) is 10.4 Å². The number of aliphatic carboxylic acids is 1. The van der Waals surface area contributed by atoms with Crippen LogP contribution in [0.15, 0.2) is 12.3 Å². The highest BCUT2D eigenvalue weighted by Gasteiger charge is 2.35. The minimum Gasteiger partial charge on any atom is -0.481 e. The van der Waals surface area contributed by atoms with Crippen LogP contribution in [-0.4, -0.2) is 46.1 Å². The number of carbonyl (C=O) groups is 2. The highest BCUT2D eigenvalue weighted by molar-refractivity contribution is 6.32. The number of rotatable bonds is 4. The van der Waals surface area contributed by atoms with Gasteiger partial charge in [-0.15, -0.1) is 0 Å². The van der Waals surface area contributed by atoms with E-state index in [2.05, 4.69) is 10.3 Å². The third kappa shape index (κ3) is 3.26. The molecule has 0 aliphatic carbocycles. The summed E-state index contributed by atoms with van der Waals surface area (Å²) in [6.45, 7) is 0.0316. The average Bonchev–Trinajstić information content (AvgIpc) is 2.87. The Bertz CT molecular complexity index is 608. The predicted molar refractivity (Wildman–Crippen MR) is 69.1 cm³/mol. The number of nitro groups is 1. The number of aromatic nitrogens is 1. The van der Waals surface area contributed by atoms with Gasteiger partial charge in [-0.2, -0.15) is 0 Å². The second kappa shape index (κ2) is 6.02. The van der Waals surface area contributed by atoms with Crippen LogP contribution in [0.2, 0.25) is 5.15 Å². The Labute approximate surface area is 123 Å². The van der Waals surface area contributed by atoms with Gasteiger partial charge in [0.2, 0.25) is 0 Å². The zero-order valence-electron chi connectivity index (χ0n) is 10.5. The number of ether oxygens (including phenoxy) is 1. The van der Waals surface area contributed by atoms with Crippen LogP contribution in [0.4, 0.5) is 5.69 Å². The molecule has 1 aliphatic rings. The van der Waals surface area contributed by atoms with Crippen molar-refractivity contribution in [3.8, 4) is 0 Å². The molecule has 0 bridgehead atoms. The van der Waals surface area contributed by atoms with Gasteiger partial charge < -0.3 is 15.2 Å². The molecule has 2 unspecified atom stereocenters. The fourth-order valence-corrected chi connectivity index (χ4v) is 2.07. The van der Waals surface area contributed by atoms with Gasteiger partial charge in [-0.3, -0.25) is 19.7 Å². The Kier molecular flexibility index (Phi) is 4.34. The molecular weight excluding hydrogens is 306 g/mol. The molecule has 10 heteroatoms. The Hall–Kier alpha value is -2.26. The average molecular weight is 316 g/mol. The van der Waals surface area contributed by atoms with E-state index in [0.717, 1.165) is 12.3 Å². The van der Waals surface area contributed by atoms with Crippen molar-refractivity contribution >= 4 is 29.2 Å². The molecule has 2 heterocycles. The fourth-order valence-electron chi connectivity index (χ4n) is 1.88. The van der Waals surface area contributed by atoms with Crippen LogP contribution in [0.25, 0.3) is 0 Å². The molecule has 1 aromatic heterocycles. The molecule has 0 spiro atoms. The van der Waals surface area contributed by atoms with Gasteiger partial charge in [0.1, 0.15) is 17.3 Å². The van der Waals surface area contributed by atoms with Crippen molar-refractivity contribution < 1.29 is 24.4 Å². The van der Waals surface area contributed by atoms with Gasteiger partial charge >= 0.3 is 5.97 Å². The smallest absolute Gasteiger partial charge is 0.311 e. The summed E-state index contributed by atoms with van der Waals surface area (Å²) in [5, 5.41) is 21.9. The number of carbonyl (C=O) groups excluding carboxylic acids is 1. The standard InChI is InChI=1S/C11H10ClN3O6/c12-9-6(1-5(2-13-9)15(19)20)10(16)14-8-4-21-3-7(8)11(17)18/h1-2,7-8H,3-4H2,(H,14,16)(H,17,18). The lowest BCUT2D eigenvalue weighted by molar-refractivity contribution is -0.385. The molecule has 2 atom stereocenters.